The van der Waals surface area contributed by atoms with Gasteiger partial charge in [0, 0.05) is 6.07 Å². The summed E-state index contributed by atoms with van der Waals surface area (Å²) in [5.41, 5.74) is 10.4. The molecule has 0 bridgehead atoms. The number of alkyl halides is 3. The lowest BCUT2D eigenvalue weighted by Crippen LogP contribution is -2.25. The number of aromatic nitrogens is 2. The Hall–Kier alpha value is -1.40. The van der Waals surface area contributed by atoms with Gasteiger partial charge in [-0.1, -0.05) is 0 Å². The third-order valence-electron chi connectivity index (χ3n) is 1.62. The van der Waals surface area contributed by atoms with Gasteiger partial charge in [0.05, 0.1) is 0 Å². The van der Waals surface area contributed by atoms with Crippen LogP contribution in [0, 0.1) is 0 Å². The predicted molar refractivity (Wildman–Crippen MR) is 41.8 cm³/mol. The van der Waals surface area contributed by atoms with E-state index >= 15 is 0 Å². The third-order valence-corrected chi connectivity index (χ3v) is 1.62. The Kier molecular flexibility index (Phi) is 2.10. The fourth-order valence-electron chi connectivity index (χ4n) is 0.878. The first-order valence-corrected chi connectivity index (χ1v) is 3.49. The van der Waals surface area contributed by atoms with Crippen molar-refractivity contribution < 1.29 is 13.2 Å². The Morgan fingerprint density at radius 1 is 1.46 bits per heavy atom. The lowest BCUT2D eigenvalue weighted by molar-refractivity contribution is -0.164. The minimum atomic E-state index is -4.37. The monoisotopic (exact) mass is 194 g/mol. The molecule has 0 saturated heterocycles. The van der Waals surface area contributed by atoms with E-state index in [1.165, 1.54) is 6.07 Å². The van der Waals surface area contributed by atoms with E-state index in [4.69, 9.17) is 11.5 Å². The van der Waals surface area contributed by atoms with Crippen LogP contribution in [0.15, 0.2) is 6.07 Å². The van der Waals surface area contributed by atoms with Crippen LogP contribution in [0.2, 0.25) is 0 Å². The molecule has 0 saturated carbocycles. The highest BCUT2D eigenvalue weighted by Gasteiger charge is 2.38. The smallest absolute Gasteiger partial charge is 0.384 e. The van der Waals surface area contributed by atoms with Crippen molar-refractivity contribution in [3.8, 4) is 0 Å². The molecule has 1 aromatic heterocycles. The van der Waals surface area contributed by atoms with Crippen LogP contribution in [0.3, 0.4) is 0 Å². The molecule has 1 heterocycles. The molecule has 13 heavy (non-hydrogen) atoms. The molecule has 1 aromatic rings. The van der Waals surface area contributed by atoms with Crippen molar-refractivity contribution >= 4 is 11.6 Å². The molecule has 0 aromatic carbocycles. The highest BCUT2D eigenvalue weighted by Crippen LogP contribution is 2.31. The molecule has 0 spiro atoms. The molecule has 0 aliphatic carbocycles. The number of nitrogens with two attached hydrogens (primary N) is 2. The standard InChI is InChI=1S/C6H9F3N4/c1-3(6(7,8)9)13-5(11)2-4(10)12-13/h2-3H,11H2,1H3,(H2,10,12)/t3-/m0/s1. The van der Waals surface area contributed by atoms with Crippen molar-refractivity contribution in [3.05, 3.63) is 6.07 Å². The van der Waals surface area contributed by atoms with Gasteiger partial charge in [-0.2, -0.15) is 18.3 Å². The minimum absolute atomic E-state index is 0.0198. The second-order valence-electron chi connectivity index (χ2n) is 2.66. The number of nitrogens with zero attached hydrogens (tertiary/aromatic N) is 2. The lowest BCUT2D eigenvalue weighted by atomic mass is 10.3. The van der Waals surface area contributed by atoms with Gasteiger partial charge in [0.2, 0.25) is 0 Å². The zero-order valence-electron chi connectivity index (χ0n) is 6.84. The molecular weight excluding hydrogens is 185 g/mol. The highest BCUT2D eigenvalue weighted by atomic mass is 19.4. The fourth-order valence-corrected chi connectivity index (χ4v) is 0.878. The van der Waals surface area contributed by atoms with Crippen LogP contribution in [-0.2, 0) is 0 Å². The van der Waals surface area contributed by atoms with Crippen molar-refractivity contribution in [1.82, 2.24) is 9.78 Å². The topological polar surface area (TPSA) is 69.9 Å². The number of rotatable bonds is 1. The summed E-state index contributed by atoms with van der Waals surface area (Å²) in [5.74, 6) is -0.115. The summed E-state index contributed by atoms with van der Waals surface area (Å²) < 4.78 is 37.1. The van der Waals surface area contributed by atoms with E-state index in [0.29, 0.717) is 4.68 Å². The van der Waals surface area contributed by atoms with Gasteiger partial charge in [-0.05, 0) is 6.92 Å². The molecule has 4 nitrogen and oxygen atoms in total. The molecule has 0 aliphatic heterocycles. The minimum Gasteiger partial charge on any atom is -0.384 e. The summed E-state index contributed by atoms with van der Waals surface area (Å²) in [5, 5.41) is 3.43. The van der Waals surface area contributed by atoms with Gasteiger partial charge in [-0.15, -0.1) is 0 Å². The number of hydrogen-bond donors (Lipinski definition) is 2. The van der Waals surface area contributed by atoms with E-state index < -0.39 is 12.2 Å². The molecular formula is C6H9F3N4. The Labute approximate surface area is 72.3 Å². The molecule has 7 heteroatoms. The van der Waals surface area contributed by atoms with E-state index in [2.05, 4.69) is 5.10 Å². The molecule has 74 valence electrons. The summed E-state index contributed by atoms with van der Waals surface area (Å²) in [6.45, 7) is 0.961. The molecule has 0 aliphatic rings. The maximum atomic E-state index is 12.2. The van der Waals surface area contributed by atoms with Crippen LogP contribution in [0.25, 0.3) is 0 Å². The average Bonchev–Trinajstić information content (AvgIpc) is 2.26. The second kappa shape index (κ2) is 2.82. The summed E-state index contributed by atoms with van der Waals surface area (Å²) in [7, 11) is 0. The molecule has 0 amide bonds. The molecule has 1 atom stereocenters. The van der Waals surface area contributed by atoms with Gasteiger partial charge >= 0.3 is 6.18 Å². The first-order chi connectivity index (χ1) is 5.82. The number of hydrogen-bond acceptors (Lipinski definition) is 3. The number of nitrogen functional groups attached to an aromatic ring is 2. The number of halogens is 3. The summed E-state index contributed by atoms with van der Waals surface area (Å²) in [4.78, 5) is 0. The first-order valence-electron chi connectivity index (χ1n) is 3.49. The Morgan fingerprint density at radius 2 is 2.00 bits per heavy atom. The van der Waals surface area contributed by atoms with Crippen molar-refractivity contribution in [2.75, 3.05) is 11.5 Å². The van der Waals surface area contributed by atoms with Crippen molar-refractivity contribution in [3.63, 3.8) is 0 Å². The van der Waals surface area contributed by atoms with Crippen LogP contribution in [0.4, 0.5) is 24.8 Å². The summed E-state index contributed by atoms with van der Waals surface area (Å²) >= 11 is 0. The summed E-state index contributed by atoms with van der Waals surface area (Å²) in [6, 6.07) is -0.577. The number of anilines is 2. The molecule has 4 N–H and O–H groups in total. The normalized spacial score (nSPS) is 14.5. The second-order valence-corrected chi connectivity index (χ2v) is 2.66. The SMILES string of the molecule is C[C@H](n1nc(N)cc1N)C(F)(F)F. The first kappa shape index (κ1) is 9.69. The quantitative estimate of drug-likeness (QED) is 0.705. The molecule has 0 fully saturated rings. The van der Waals surface area contributed by atoms with Gasteiger partial charge in [-0.3, -0.25) is 0 Å². The Bertz CT molecular complexity index is 303. The molecule has 0 radical (unpaired) electrons. The van der Waals surface area contributed by atoms with E-state index in [0.717, 1.165) is 6.92 Å². The third kappa shape index (κ3) is 1.85. The average molecular weight is 194 g/mol. The molecule has 1 rings (SSSR count). The van der Waals surface area contributed by atoms with Crippen LogP contribution < -0.4 is 11.5 Å². The maximum Gasteiger partial charge on any atom is 0.410 e. The maximum absolute atomic E-state index is 12.2. The van der Waals surface area contributed by atoms with Gasteiger partial charge in [0.25, 0.3) is 0 Å². The molecule has 0 unspecified atom stereocenters. The Morgan fingerprint density at radius 3 is 2.31 bits per heavy atom. The van der Waals surface area contributed by atoms with Crippen molar-refractivity contribution in [2.45, 2.75) is 19.1 Å². The van der Waals surface area contributed by atoms with Crippen molar-refractivity contribution in [2.24, 2.45) is 0 Å². The summed E-state index contributed by atoms with van der Waals surface area (Å²) in [6.07, 6.45) is -4.37. The van der Waals surface area contributed by atoms with Crippen LogP contribution in [-0.4, -0.2) is 16.0 Å². The largest absolute Gasteiger partial charge is 0.410 e. The Balaban J connectivity index is 3.01. The van der Waals surface area contributed by atoms with E-state index in [1.54, 1.807) is 0 Å². The highest BCUT2D eigenvalue weighted by molar-refractivity contribution is 5.42. The zero-order chi connectivity index (χ0) is 10.2. The van der Waals surface area contributed by atoms with E-state index in [1.807, 2.05) is 0 Å². The van der Waals surface area contributed by atoms with Crippen molar-refractivity contribution in [1.29, 1.82) is 0 Å². The van der Waals surface area contributed by atoms with Crippen LogP contribution >= 0.6 is 0 Å². The van der Waals surface area contributed by atoms with Gasteiger partial charge < -0.3 is 11.5 Å². The van der Waals surface area contributed by atoms with Gasteiger partial charge in [-0.25, -0.2) is 4.68 Å². The van der Waals surface area contributed by atoms with E-state index in [-0.39, 0.29) is 11.6 Å². The predicted octanol–water partition coefficient (Wildman–Crippen LogP) is 1.17. The van der Waals surface area contributed by atoms with Crippen LogP contribution in [0.5, 0.6) is 0 Å². The zero-order valence-corrected chi connectivity index (χ0v) is 6.84. The van der Waals surface area contributed by atoms with Gasteiger partial charge in [0.1, 0.15) is 17.7 Å². The lowest BCUT2D eigenvalue weighted by Gasteiger charge is -2.16. The van der Waals surface area contributed by atoms with Crippen LogP contribution in [0.1, 0.15) is 13.0 Å². The van der Waals surface area contributed by atoms with E-state index in [9.17, 15) is 13.2 Å². The fraction of sp³-hybridized carbons (Fsp3) is 0.500. The van der Waals surface area contributed by atoms with Gasteiger partial charge in [0.15, 0.2) is 0 Å².